The first-order valence-corrected chi connectivity index (χ1v) is 9.85. The van der Waals surface area contributed by atoms with Crippen molar-refractivity contribution in [3.63, 3.8) is 0 Å². The summed E-state index contributed by atoms with van der Waals surface area (Å²) < 4.78 is 0. The van der Waals surface area contributed by atoms with E-state index in [0.29, 0.717) is 6.04 Å². The van der Waals surface area contributed by atoms with Crippen LogP contribution in [0.3, 0.4) is 0 Å². The van der Waals surface area contributed by atoms with Crippen LogP contribution in [-0.4, -0.2) is 47.3 Å². The molecule has 0 N–H and O–H groups in total. The highest BCUT2D eigenvalue weighted by Crippen LogP contribution is 2.27. The number of piperidine rings is 1. The van der Waals surface area contributed by atoms with Gasteiger partial charge in [-0.1, -0.05) is 54.6 Å². The Labute approximate surface area is 160 Å². The maximum atomic E-state index is 4.58. The summed E-state index contributed by atoms with van der Waals surface area (Å²) in [5.74, 6) is 1.02. The second-order valence-corrected chi connectivity index (χ2v) is 7.49. The van der Waals surface area contributed by atoms with Crippen LogP contribution in [0, 0.1) is 0 Å². The van der Waals surface area contributed by atoms with E-state index in [4.69, 9.17) is 0 Å². The molecule has 0 unspecified atom stereocenters. The molecule has 0 radical (unpaired) electrons. The van der Waals surface area contributed by atoms with Crippen molar-refractivity contribution in [3.05, 3.63) is 66.7 Å². The van der Waals surface area contributed by atoms with Gasteiger partial charge in [0.15, 0.2) is 5.82 Å². The van der Waals surface area contributed by atoms with Crippen LogP contribution in [0.2, 0.25) is 0 Å². The van der Waals surface area contributed by atoms with Crippen molar-refractivity contribution in [2.75, 3.05) is 31.1 Å². The number of hydrogen-bond donors (Lipinski definition) is 0. The minimum absolute atomic E-state index is 0.619. The molecule has 0 saturated carbocycles. The Balaban J connectivity index is 1.36. The first-order chi connectivity index (χ1) is 13.4. The van der Waals surface area contributed by atoms with Crippen molar-refractivity contribution in [1.29, 1.82) is 0 Å². The van der Waals surface area contributed by atoms with Gasteiger partial charge in [0.05, 0.1) is 5.69 Å². The van der Waals surface area contributed by atoms with Crippen molar-refractivity contribution in [1.82, 2.24) is 15.1 Å². The maximum absolute atomic E-state index is 4.58. The molecule has 136 valence electrons. The Morgan fingerprint density at radius 1 is 0.630 bits per heavy atom. The summed E-state index contributed by atoms with van der Waals surface area (Å²) in [5.41, 5.74) is 4.49. The quantitative estimate of drug-likeness (QED) is 0.707. The first kappa shape index (κ1) is 16.5. The number of anilines is 1. The average molecular weight is 356 g/mol. The molecule has 0 aliphatic carbocycles. The van der Waals surface area contributed by atoms with E-state index in [0.717, 1.165) is 30.2 Å². The molecule has 27 heavy (non-hydrogen) atoms. The fourth-order valence-electron chi connectivity index (χ4n) is 4.28. The summed E-state index contributed by atoms with van der Waals surface area (Å²) in [6.45, 7) is 4.65. The van der Waals surface area contributed by atoms with Gasteiger partial charge in [-0.2, -0.15) is 0 Å². The maximum Gasteiger partial charge on any atom is 0.151 e. The lowest BCUT2D eigenvalue weighted by molar-refractivity contribution is 0.250. The highest BCUT2D eigenvalue weighted by molar-refractivity contribution is 5.68. The number of aromatic nitrogens is 2. The molecular weight excluding hydrogens is 332 g/mol. The molecule has 2 aromatic carbocycles. The monoisotopic (exact) mass is 356 g/mol. The number of fused-ring (bicyclic) bond motifs is 4. The molecule has 0 spiro atoms. The minimum Gasteiger partial charge on any atom is -0.351 e. The summed E-state index contributed by atoms with van der Waals surface area (Å²) in [6.07, 6.45) is 2.48. The molecule has 1 aromatic heterocycles. The van der Waals surface area contributed by atoms with Gasteiger partial charge in [0.25, 0.3) is 0 Å². The summed E-state index contributed by atoms with van der Waals surface area (Å²) >= 11 is 0. The average Bonchev–Trinajstić information content (AvgIpc) is 3.09. The van der Waals surface area contributed by atoms with Crippen LogP contribution in [-0.2, 0) is 0 Å². The highest BCUT2D eigenvalue weighted by Gasteiger charge is 2.29. The Morgan fingerprint density at radius 3 is 2.04 bits per heavy atom. The van der Waals surface area contributed by atoms with Gasteiger partial charge in [-0.25, -0.2) is 0 Å². The van der Waals surface area contributed by atoms with Crippen LogP contribution in [0.25, 0.3) is 22.4 Å². The van der Waals surface area contributed by atoms with Crippen LogP contribution < -0.4 is 4.90 Å². The standard InChI is InChI=1S/C23H24N4/c1-2-4-18(5-3-1)19-6-8-20(9-7-19)22-10-11-23(25-24-22)27-17-16-26-14-12-21(27)13-15-26/h1-11,21H,12-17H2. The van der Waals surface area contributed by atoms with Crippen molar-refractivity contribution in [3.8, 4) is 22.4 Å². The van der Waals surface area contributed by atoms with Crippen LogP contribution in [0.5, 0.6) is 0 Å². The lowest BCUT2D eigenvalue weighted by atomic mass is 10.0. The summed E-state index contributed by atoms with van der Waals surface area (Å²) in [4.78, 5) is 5.02. The van der Waals surface area contributed by atoms with Gasteiger partial charge in [-0.3, -0.25) is 0 Å². The Bertz CT molecular complexity index is 882. The van der Waals surface area contributed by atoms with Crippen molar-refractivity contribution >= 4 is 5.82 Å². The van der Waals surface area contributed by atoms with Crippen LogP contribution in [0.4, 0.5) is 5.82 Å². The van der Waals surface area contributed by atoms with E-state index < -0.39 is 0 Å². The zero-order chi connectivity index (χ0) is 18.1. The molecule has 6 rings (SSSR count). The van der Waals surface area contributed by atoms with Gasteiger partial charge >= 0.3 is 0 Å². The molecule has 3 saturated heterocycles. The molecule has 4 heteroatoms. The van der Waals surface area contributed by atoms with Crippen molar-refractivity contribution in [2.24, 2.45) is 0 Å². The number of rotatable bonds is 3. The van der Waals surface area contributed by atoms with Crippen LogP contribution >= 0.6 is 0 Å². The van der Waals surface area contributed by atoms with E-state index in [1.165, 1.54) is 37.1 Å². The molecule has 3 aliphatic rings. The highest BCUT2D eigenvalue weighted by atomic mass is 15.3. The molecule has 3 aliphatic heterocycles. The van der Waals surface area contributed by atoms with Crippen molar-refractivity contribution < 1.29 is 0 Å². The molecule has 3 aromatic rings. The third-order valence-corrected chi connectivity index (χ3v) is 5.89. The predicted octanol–water partition coefficient (Wildman–Crippen LogP) is 4.10. The van der Waals surface area contributed by atoms with E-state index in [2.05, 4.69) is 80.7 Å². The number of hydrogen-bond acceptors (Lipinski definition) is 4. The molecular formula is C23H24N4. The van der Waals surface area contributed by atoms with E-state index in [1.807, 2.05) is 6.07 Å². The molecule has 4 nitrogen and oxygen atoms in total. The lowest BCUT2D eigenvalue weighted by Crippen LogP contribution is -2.38. The second kappa shape index (κ2) is 7.12. The molecule has 0 amide bonds. The van der Waals surface area contributed by atoms with E-state index >= 15 is 0 Å². The Hall–Kier alpha value is -2.72. The zero-order valence-electron chi connectivity index (χ0n) is 15.5. The number of nitrogens with zero attached hydrogens (tertiary/aromatic N) is 4. The Kier molecular flexibility index (Phi) is 4.34. The van der Waals surface area contributed by atoms with Crippen molar-refractivity contribution in [2.45, 2.75) is 18.9 Å². The summed E-state index contributed by atoms with van der Waals surface area (Å²) in [6, 6.07) is 23.9. The smallest absolute Gasteiger partial charge is 0.151 e. The van der Waals surface area contributed by atoms with E-state index in [-0.39, 0.29) is 0 Å². The normalized spacial score (nSPS) is 21.9. The molecule has 4 heterocycles. The fourth-order valence-corrected chi connectivity index (χ4v) is 4.28. The SMILES string of the molecule is c1ccc(-c2ccc(-c3ccc(N4CCN5CCC4CC5)nn3)cc2)cc1. The molecule has 3 fully saturated rings. The van der Waals surface area contributed by atoms with Gasteiger partial charge in [0, 0.05) is 37.8 Å². The van der Waals surface area contributed by atoms with Gasteiger partial charge < -0.3 is 9.80 Å². The van der Waals surface area contributed by atoms with Crippen LogP contribution in [0.15, 0.2) is 66.7 Å². The number of benzene rings is 2. The molecule has 2 bridgehead atoms. The predicted molar refractivity (Wildman–Crippen MR) is 110 cm³/mol. The Morgan fingerprint density at radius 2 is 1.33 bits per heavy atom. The third kappa shape index (κ3) is 3.33. The zero-order valence-corrected chi connectivity index (χ0v) is 15.5. The van der Waals surface area contributed by atoms with Gasteiger partial charge in [0.2, 0.25) is 0 Å². The summed E-state index contributed by atoms with van der Waals surface area (Å²) in [5, 5.41) is 9.11. The van der Waals surface area contributed by atoms with E-state index in [1.54, 1.807) is 0 Å². The van der Waals surface area contributed by atoms with Crippen LogP contribution in [0.1, 0.15) is 12.8 Å². The fraction of sp³-hybridized carbons (Fsp3) is 0.304. The van der Waals surface area contributed by atoms with Gasteiger partial charge in [0.1, 0.15) is 0 Å². The topological polar surface area (TPSA) is 32.3 Å². The van der Waals surface area contributed by atoms with Gasteiger partial charge in [-0.15, -0.1) is 10.2 Å². The minimum atomic E-state index is 0.619. The van der Waals surface area contributed by atoms with E-state index in [9.17, 15) is 0 Å². The van der Waals surface area contributed by atoms with Gasteiger partial charge in [-0.05, 0) is 36.1 Å². The first-order valence-electron chi connectivity index (χ1n) is 9.85. The second-order valence-electron chi connectivity index (χ2n) is 7.49. The third-order valence-electron chi connectivity index (χ3n) is 5.89. The summed E-state index contributed by atoms with van der Waals surface area (Å²) in [7, 11) is 0. The lowest BCUT2D eigenvalue weighted by Gasteiger charge is -2.31. The molecule has 0 atom stereocenters. The largest absolute Gasteiger partial charge is 0.351 e.